The van der Waals surface area contributed by atoms with Gasteiger partial charge in [0, 0.05) is 41.9 Å². The zero-order valence-corrected chi connectivity index (χ0v) is 31.0. The molecule has 0 unspecified atom stereocenters. The first-order valence-electron chi connectivity index (χ1n) is 19.0. The SMILES string of the molecule is c1ccc(-c2ccc3c(c2)c2c4ccccc4c(-c4ccccc4)cc2n3-c2nc(-c3ccc4sc5cc6ccccc6cc5c4c3)c3ccccc3n2)cc1. The van der Waals surface area contributed by atoms with Crippen LogP contribution < -0.4 is 0 Å². The van der Waals surface area contributed by atoms with E-state index in [-0.39, 0.29) is 0 Å². The molecule has 0 saturated heterocycles. The molecule has 3 aromatic heterocycles. The monoisotopic (exact) mass is 729 g/mol. The molecule has 0 radical (unpaired) electrons. The largest absolute Gasteiger partial charge is 0.278 e. The molecule has 12 aromatic rings. The second-order valence-electron chi connectivity index (χ2n) is 14.6. The summed E-state index contributed by atoms with van der Waals surface area (Å²) in [4.78, 5) is 10.9. The van der Waals surface area contributed by atoms with E-state index in [0.717, 1.165) is 33.2 Å². The fourth-order valence-corrected chi connectivity index (χ4v) is 9.87. The van der Waals surface area contributed by atoms with Crippen LogP contribution in [0.1, 0.15) is 0 Å². The Morgan fingerprint density at radius 3 is 1.84 bits per heavy atom. The molecule has 0 atom stereocenters. The van der Waals surface area contributed by atoms with Crippen molar-refractivity contribution in [3.63, 3.8) is 0 Å². The Morgan fingerprint density at radius 1 is 0.375 bits per heavy atom. The van der Waals surface area contributed by atoms with E-state index in [2.05, 4.69) is 193 Å². The predicted molar refractivity (Wildman–Crippen MR) is 238 cm³/mol. The smallest absolute Gasteiger partial charge is 0.235 e. The molecule has 0 bridgehead atoms. The van der Waals surface area contributed by atoms with E-state index >= 15 is 0 Å². The maximum atomic E-state index is 5.55. The van der Waals surface area contributed by atoms with Gasteiger partial charge in [-0.05, 0) is 92.3 Å². The number of hydrogen-bond acceptors (Lipinski definition) is 3. The summed E-state index contributed by atoms with van der Waals surface area (Å²) in [6.45, 7) is 0. The standard InChI is InChI=1S/C52H31N3S/c1-3-13-32(14-4-1)36-23-25-46-44(28-36)50-39-20-10-9-19-38(39)41(33-15-5-2-6-16-33)31-47(50)55(46)52-53-45-22-12-11-21-40(45)51(54-52)37-24-26-48-42(29-37)43-27-34-17-7-8-18-35(34)30-49(43)56-48/h1-31H. The highest BCUT2D eigenvalue weighted by molar-refractivity contribution is 7.25. The van der Waals surface area contributed by atoms with Gasteiger partial charge in [-0.25, -0.2) is 9.97 Å². The average Bonchev–Trinajstić information content (AvgIpc) is 3.79. The van der Waals surface area contributed by atoms with Crippen molar-refractivity contribution in [1.29, 1.82) is 0 Å². The molecule has 0 amide bonds. The Labute approximate surface area is 326 Å². The van der Waals surface area contributed by atoms with Gasteiger partial charge in [0.05, 0.1) is 22.2 Å². The van der Waals surface area contributed by atoms with Gasteiger partial charge in [0.15, 0.2) is 0 Å². The number of benzene rings is 9. The zero-order chi connectivity index (χ0) is 36.7. The first-order valence-corrected chi connectivity index (χ1v) is 19.8. The van der Waals surface area contributed by atoms with Gasteiger partial charge in [-0.2, -0.15) is 0 Å². The number of nitrogens with zero attached hydrogens (tertiary/aromatic N) is 3. The van der Waals surface area contributed by atoms with Crippen LogP contribution >= 0.6 is 11.3 Å². The van der Waals surface area contributed by atoms with E-state index < -0.39 is 0 Å². The Kier molecular flexibility index (Phi) is 6.80. The number of rotatable bonds is 4. The van der Waals surface area contributed by atoms with Gasteiger partial charge in [-0.3, -0.25) is 4.57 Å². The lowest BCUT2D eigenvalue weighted by Crippen LogP contribution is -2.03. The average molecular weight is 730 g/mol. The maximum Gasteiger partial charge on any atom is 0.235 e. The second kappa shape index (κ2) is 12.2. The molecule has 0 aliphatic heterocycles. The summed E-state index contributed by atoms with van der Waals surface area (Å²) in [5.74, 6) is 0.654. The number of thiophene rings is 1. The Morgan fingerprint density at radius 2 is 1.02 bits per heavy atom. The van der Waals surface area contributed by atoms with Crippen molar-refractivity contribution in [2.24, 2.45) is 0 Å². The van der Waals surface area contributed by atoms with E-state index in [1.54, 1.807) is 0 Å². The molecule has 0 spiro atoms. The first kappa shape index (κ1) is 31.2. The fraction of sp³-hybridized carbons (Fsp3) is 0. The van der Waals surface area contributed by atoms with Crippen molar-refractivity contribution in [3.05, 3.63) is 188 Å². The van der Waals surface area contributed by atoms with Crippen molar-refractivity contribution in [1.82, 2.24) is 14.5 Å². The van der Waals surface area contributed by atoms with Gasteiger partial charge >= 0.3 is 0 Å². The van der Waals surface area contributed by atoms with Gasteiger partial charge < -0.3 is 0 Å². The van der Waals surface area contributed by atoms with Gasteiger partial charge in [0.1, 0.15) is 0 Å². The summed E-state index contributed by atoms with van der Waals surface area (Å²) in [6.07, 6.45) is 0. The molecule has 56 heavy (non-hydrogen) atoms. The Hall–Kier alpha value is -7.14. The topological polar surface area (TPSA) is 30.7 Å². The second-order valence-corrected chi connectivity index (χ2v) is 15.6. The molecular formula is C52H31N3S. The van der Waals surface area contributed by atoms with Gasteiger partial charge in [0.2, 0.25) is 5.95 Å². The molecule has 0 saturated carbocycles. The molecule has 12 rings (SSSR count). The summed E-state index contributed by atoms with van der Waals surface area (Å²) >= 11 is 1.85. The first-order chi connectivity index (χ1) is 27.7. The molecule has 9 aromatic carbocycles. The lowest BCUT2D eigenvalue weighted by Gasteiger charge is -2.13. The van der Waals surface area contributed by atoms with Crippen molar-refractivity contribution in [2.45, 2.75) is 0 Å². The molecule has 4 heteroatoms. The van der Waals surface area contributed by atoms with E-state index in [9.17, 15) is 0 Å². The molecule has 0 aliphatic rings. The summed E-state index contributed by atoms with van der Waals surface area (Å²) in [5, 5.41) is 10.9. The highest BCUT2D eigenvalue weighted by atomic mass is 32.1. The maximum absolute atomic E-state index is 5.55. The van der Waals surface area contributed by atoms with Crippen LogP contribution in [0.25, 0.3) is 114 Å². The molecule has 0 fully saturated rings. The minimum Gasteiger partial charge on any atom is -0.278 e. The van der Waals surface area contributed by atoms with Crippen LogP contribution in [-0.2, 0) is 0 Å². The van der Waals surface area contributed by atoms with Crippen LogP contribution in [0.15, 0.2) is 188 Å². The van der Waals surface area contributed by atoms with E-state index in [1.807, 2.05) is 11.3 Å². The Bertz CT molecular complexity index is 3530. The Balaban J connectivity index is 1.17. The lowest BCUT2D eigenvalue weighted by molar-refractivity contribution is 1.01. The minimum atomic E-state index is 0.654. The van der Waals surface area contributed by atoms with Crippen LogP contribution in [0.2, 0.25) is 0 Å². The van der Waals surface area contributed by atoms with Crippen molar-refractivity contribution in [3.8, 4) is 39.5 Å². The van der Waals surface area contributed by atoms with E-state index in [4.69, 9.17) is 9.97 Å². The normalized spacial score (nSPS) is 11.9. The van der Waals surface area contributed by atoms with E-state index in [1.165, 1.54) is 74.7 Å². The molecule has 0 aliphatic carbocycles. The van der Waals surface area contributed by atoms with E-state index in [0.29, 0.717) is 5.95 Å². The van der Waals surface area contributed by atoms with Crippen LogP contribution in [0, 0.1) is 0 Å². The quantitative estimate of drug-likeness (QED) is 0.181. The summed E-state index contributed by atoms with van der Waals surface area (Å²) in [5.41, 5.74) is 9.79. The third kappa shape index (κ3) is 4.76. The summed E-state index contributed by atoms with van der Waals surface area (Å²) < 4.78 is 4.86. The van der Waals surface area contributed by atoms with Gasteiger partial charge in [-0.1, -0.05) is 140 Å². The van der Waals surface area contributed by atoms with Crippen LogP contribution in [0.4, 0.5) is 0 Å². The van der Waals surface area contributed by atoms with Crippen molar-refractivity contribution < 1.29 is 0 Å². The van der Waals surface area contributed by atoms with Crippen molar-refractivity contribution in [2.75, 3.05) is 0 Å². The molecule has 0 N–H and O–H groups in total. The van der Waals surface area contributed by atoms with Crippen LogP contribution in [-0.4, -0.2) is 14.5 Å². The third-order valence-corrected chi connectivity index (χ3v) is 12.5. The number of hydrogen-bond donors (Lipinski definition) is 0. The lowest BCUT2D eigenvalue weighted by atomic mass is 9.94. The summed E-state index contributed by atoms with van der Waals surface area (Å²) in [7, 11) is 0. The van der Waals surface area contributed by atoms with Gasteiger partial charge in [0.25, 0.3) is 0 Å². The fourth-order valence-electron chi connectivity index (χ4n) is 8.76. The molecule has 260 valence electrons. The summed E-state index contributed by atoms with van der Waals surface area (Å²) in [6, 6.07) is 67.9. The molecular weight excluding hydrogens is 699 g/mol. The van der Waals surface area contributed by atoms with Crippen LogP contribution in [0.3, 0.4) is 0 Å². The number of para-hydroxylation sites is 1. The predicted octanol–water partition coefficient (Wildman–Crippen LogP) is 14.4. The van der Waals surface area contributed by atoms with Crippen molar-refractivity contribution >= 4 is 85.8 Å². The van der Waals surface area contributed by atoms with Gasteiger partial charge in [-0.15, -0.1) is 11.3 Å². The third-order valence-electron chi connectivity index (χ3n) is 11.4. The zero-order valence-electron chi connectivity index (χ0n) is 30.1. The minimum absolute atomic E-state index is 0.654. The highest BCUT2D eigenvalue weighted by Gasteiger charge is 2.22. The highest BCUT2D eigenvalue weighted by Crippen LogP contribution is 2.44. The number of aromatic nitrogens is 3. The number of fused-ring (bicyclic) bond motifs is 10. The molecule has 3 nitrogen and oxygen atoms in total. The molecule has 3 heterocycles. The van der Waals surface area contributed by atoms with Crippen LogP contribution in [0.5, 0.6) is 0 Å².